The van der Waals surface area contributed by atoms with E-state index in [1.807, 2.05) is 0 Å². The number of carbonyl (C=O) groups is 1. The molecule has 0 amide bonds. The maximum Gasteiger partial charge on any atom is 0.433 e. The third-order valence-electron chi connectivity index (χ3n) is 2.33. The monoisotopic (exact) mass is 342 g/mol. The van der Waals surface area contributed by atoms with E-state index >= 15 is 0 Å². The fourth-order valence-electron chi connectivity index (χ4n) is 1.43. The van der Waals surface area contributed by atoms with E-state index in [9.17, 15) is 31.1 Å². The molecule has 0 atom stereocenters. The van der Waals surface area contributed by atoms with Gasteiger partial charge in [-0.15, -0.1) is 0 Å². The predicted molar refractivity (Wildman–Crippen MR) is 61.1 cm³/mol. The van der Waals surface area contributed by atoms with Crippen LogP contribution in [0.15, 0.2) is 6.07 Å². The van der Waals surface area contributed by atoms with Crippen molar-refractivity contribution < 1.29 is 40.6 Å². The molecule has 0 unspecified atom stereocenters. The highest BCUT2D eigenvalue weighted by atomic mass is 19.4. The van der Waals surface area contributed by atoms with E-state index in [1.54, 1.807) is 0 Å². The Hall–Kier alpha value is -2.51. The highest BCUT2D eigenvalue weighted by Crippen LogP contribution is 2.39. The molecule has 11 heteroatoms. The van der Waals surface area contributed by atoms with Crippen LogP contribution in [0.25, 0.3) is 0 Å². The van der Waals surface area contributed by atoms with Gasteiger partial charge in [-0.1, -0.05) is 0 Å². The largest absolute Gasteiger partial charge is 0.465 e. The predicted octanol–water partition coefficient (Wildman–Crippen LogP) is 2.93. The SMILES string of the molecule is CCOC(=O)COc1nc(C(F)(F)F)cc(C(F)(F)F)c1C#N. The first-order valence-corrected chi connectivity index (χ1v) is 5.88. The molecule has 0 aliphatic heterocycles. The van der Waals surface area contributed by atoms with E-state index in [2.05, 4.69) is 14.5 Å². The number of ether oxygens (including phenoxy) is 2. The summed E-state index contributed by atoms with van der Waals surface area (Å²) in [7, 11) is 0. The Morgan fingerprint density at radius 1 is 1.26 bits per heavy atom. The summed E-state index contributed by atoms with van der Waals surface area (Å²) in [4.78, 5) is 13.9. The molecule has 1 heterocycles. The summed E-state index contributed by atoms with van der Waals surface area (Å²) in [5, 5.41) is 8.76. The molecule has 0 aliphatic rings. The van der Waals surface area contributed by atoms with Gasteiger partial charge in [0.25, 0.3) is 0 Å². The van der Waals surface area contributed by atoms with Gasteiger partial charge in [0, 0.05) is 0 Å². The lowest BCUT2D eigenvalue weighted by Crippen LogP contribution is -2.19. The summed E-state index contributed by atoms with van der Waals surface area (Å²) in [6.07, 6.45) is -10.4. The molecular formula is C12H8F6N2O3. The molecule has 5 nitrogen and oxygen atoms in total. The average Bonchev–Trinajstić information content (AvgIpc) is 2.42. The van der Waals surface area contributed by atoms with Crippen LogP contribution >= 0.6 is 0 Å². The van der Waals surface area contributed by atoms with E-state index in [0.29, 0.717) is 0 Å². The highest BCUT2D eigenvalue weighted by Gasteiger charge is 2.41. The molecule has 1 aromatic heterocycles. The van der Waals surface area contributed by atoms with Crippen LogP contribution < -0.4 is 4.74 Å². The zero-order valence-electron chi connectivity index (χ0n) is 11.4. The number of pyridine rings is 1. The van der Waals surface area contributed by atoms with Gasteiger partial charge >= 0.3 is 18.3 Å². The van der Waals surface area contributed by atoms with Crippen LogP contribution in [0.5, 0.6) is 5.88 Å². The second kappa shape index (κ2) is 6.72. The number of hydrogen-bond acceptors (Lipinski definition) is 5. The number of alkyl halides is 6. The van der Waals surface area contributed by atoms with Crippen molar-refractivity contribution in [1.82, 2.24) is 4.98 Å². The first-order chi connectivity index (χ1) is 10.5. The Kier molecular flexibility index (Phi) is 5.42. The van der Waals surface area contributed by atoms with Crippen molar-refractivity contribution in [2.45, 2.75) is 19.3 Å². The standard InChI is InChI=1S/C12H8F6N2O3/c1-2-22-9(21)5-23-10-6(4-19)7(11(13,14)15)3-8(20-10)12(16,17)18/h3H,2,5H2,1H3. The molecule has 0 bridgehead atoms. The molecular weight excluding hydrogens is 334 g/mol. The summed E-state index contributed by atoms with van der Waals surface area (Å²) < 4.78 is 85.2. The summed E-state index contributed by atoms with van der Waals surface area (Å²) in [5.74, 6) is -2.29. The van der Waals surface area contributed by atoms with Gasteiger partial charge in [0.15, 0.2) is 6.61 Å². The van der Waals surface area contributed by atoms with Crippen LogP contribution in [0.4, 0.5) is 26.3 Å². The minimum Gasteiger partial charge on any atom is -0.465 e. The number of rotatable bonds is 4. The van der Waals surface area contributed by atoms with Gasteiger partial charge in [0.1, 0.15) is 17.3 Å². The summed E-state index contributed by atoms with van der Waals surface area (Å²) in [6, 6.07) is 0.782. The molecule has 1 rings (SSSR count). The lowest BCUT2D eigenvalue weighted by atomic mass is 10.1. The normalized spacial score (nSPS) is 11.7. The minimum absolute atomic E-state index is 0.0723. The molecule has 0 saturated heterocycles. The Balaban J connectivity index is 3.37. The van der Waals surface area contributed by atoms with Crippen LogP contribution in [0.1, 0.15) is 23.7 Å². The van der Waals surface area contributed by atoms with E-state index in [0.717, 1.165) is 6.07 Å². The smallest absolute Gasteiger partial charge is 0.433 e. The van der Waals surface area contributed by atoms with Crippen molar-refractivity contribution in [2.75, 3.05) is 13.2 Å². The Morgan fingerprint density at radius 3 is 2.30 bits per heavy atom. The van der Waals surface area contributed by atoms with Crippen molar-refractivity contribution in [3.05, 3.63) is 22.9 Å². The van der Waals surface area contributed by atoms with Crippen molar-refractivity contribution in [1.29, 1.82) is 5.26 Å². The van der Waals surface area contributed by atoms with E-state index in [-0.39, 0.29) is 12.7 Å². The van der Waals surface area contributed by atoms with Crippen LogP contribution in [0.2, 0.25) is 0 Å². The number of carbonyl (C=O) groups excluding carboxylic acids is 1. The van der Waals surface area contributed by atoms with Crippen LogP contribution in [-0.4, -0.2) is 24.2 Å². The van der Waals surface area contributed by atoms with Crippen LogP contribution in [0, 0.1) is 11.3 Å². The number of halogens is 6. The van der Waals surface area contributed by atoms with E-state index in [4.69, 9.17) is 5.26 Å². The first kappa shape index (κ1) is 18.5. The third-order valence-corrected chi connectivity index (χ3v) is 2.33. The van der Waals surface area contributed by atoms with Gasteiger partial charge in [-0.25, -0.2) is 9.78 Å². The first-order valence-electron chi connectivity index (χ1n) is 5.88. The Bertz CT molecular complexity index is 633. The van der Waals surface area contributed by atoms with E-state index < -0.39 is 47.6 Å². The van der Waals surface area contributed by atoms with Crippen molar-refractivity contribution in [3.8, 4) is 11.9 Å². The number of hydrogen-bond donors (Lipinski definition) is 0. The van der Waals surface area contributed by atoms with E-state index in [1.165, 1.54) is 6.92 Å². The number of esters is 1. The molecule has 1 aromatic rings. The number of nitriles is 1. The quantitative estimate of drug-likeness (QED) is 0.621. The van der Waals surface area contributed by atoms with Crippen molar-refractivity contribution in [3.63, 3.8) is 0 Å². The van der Waals surface area contributed by atoms with Gasteiger partial charge in [0.2, 0.25) is 5.88 Å². The minimum atomic E-state index is -5.24. The fourth-order valence-corrected chi connectivity index (χ4v) is 1.43. The van der Waals surface area contributed by atoms with Crippen LogP contribution in [-0.2, 0) is 21.9 Å². The molecule has 0 N–H and O–H groups in total. The molecule has 23 heavy (non-hydrogen) atoms. The molecule has 0 fully saturated rings. The molecule has 0 saturated carbocycles. The second-order valence-electron chi connectivity index (χ2n) is 3.94. The molecule has 0 aromatic carbocycles. The van der Waals surface area contributed by atoms with Gasteiger partial charge in [-0.3, -0.25) is 0 Å². The molecule has 0 aliphatic carbocycles. The Morgan fingerprint density at radius 2 is 1.87 bits per heavy atom. The average molecular weight is 342 g/mol. The lowest BCUT2D eigenvalue weighted by Gasteiger charge is -2.15. The molecule has 126 valence electrons. The van der Waals surface area contributed by atoms with Gasteiger partial charge in [0.05, 0.1) is 12.2 Å². The summed E-state index contributed by atoms with van der Waals surface area (Å²) >= 11 is 0. The Labute approximate surface area is 125 Å². The second-order valence-corrected chi connectivity index (χ2v) is 3.94. The topological polar surface area (TPSA) is 72.2 Å². The molecule has 0 radical (unpaired) electrons. The van der Waals surface area contributed by atoms with Crippen LogP contribution in [0.3, 0.4) is 0 Å². The zero-order chi connectivity index (χ0) is 17.8. The molecule has 0 spiro atoms. The number of nitrogens with zero attached hydrogens (tertiary/aromatic N) is 2. The third kappa shape index (κ3) is 4.73. The fraction of sp³-hybridized carbons (Fsp3) is 0.417. The van der Waals surface area contributed by atoms with Crippen molar-refractivity contribution in [2.24, 2.45) is 0 Å². The maximum atomic E-state index is 12.8. The summed E-state index contributed by atoms with van der Waals surface area (Å²) in [6.45, 7) is 0.369. The highest BCUT2D eigenvalue weighted by molar-refractivity contribution is 5.71. The lowest BCUT2D eigenvalue weighted by molar-refractivity contribution is -0.146. The maximum absolute atomic E-state index is 12.8. The summed E-state index contributed by atoms with van der Waals surface area (Å²) in [5.41, 5.74) is -5.02. The van der Waals surface area contributed by atoms with Gasteiger partial charge in [-0.05, 0) is 13.0 Å². The zero-order valence-corrected chi connectivity index (χ0v) is 11.4. The number of aromatic nitrogens is 1. The van der Waals surface area contributed by atoms with Gasteiger partial charge in [-0.2, -0.15) is 31.6 Å². The van der Waals surface area contributed by atoms with Gasteiger partial charge < -0.3 is 9.47 Å². The van der Waals surface area contributed by atoms with Crippen molar-refractivity contribution >= 4 is 5.97 Å².